The summed E-state index contributed by atoms with van der Waals surface area (Å²) in [6, 6.07) is 1.18. The molecule has 1 rings (SSSR count). The van der Waals surface area contributed by atoms with Crippen molar-refractivity contribution in [3.05, 3.63) is 30.3 Å². The van der Waals surface area contributed by atoms with Crippen LogP contribution in [0.3, 0.4) is 0 Å². The molecule has 0 aromatic carbocycles. The van der Waals surface area contributed by atoms with E-state index in [1.54, 1.807) is 13.4 Å². The zero-order chi connectivity index (χ0) is 15.2. The second-order valence-corrected chi connectivity index (χ2v) is 12.5. The van der Waals surface area contributed by atoms with Crippen LogP contribution in [-0.4, -0.2) is 31.6 Å². The first-order valence-corrected chi connectivity index (χ1v) is 10.8. The minimum atomic E-state index is -1.01. The van der Waals surface area contributed by atoms with E-state index in [1.165, 1.54) is 6.04 Å². The molecule has 1 aromatic rings. The lowest BCUT2D eigenvalue weighted by molar-refractivity contribution is 0.0785. The highest BCUT2D eigenvalue weighted by molar-refractivity contribution is 6.76. The molecule has 114 valence electrons. The van der Waals surface area contributed by atoms with Gasteiger partial charge in [-0.2, -0.15) is 5.10 Å². The van der Waals surface area contributed by atoms with Crippen LogP contribution in [0.25, 0.3) is 0 Å². The molecule has 1 aromatic heterocycles. The molecule has 0 aliphatic carbocycles. The topological polar surface area (TPSA) is 36.3 Å². The Balaban J connectivity index is 2.49. The lowest BCUT2D eigenvalue weighted by atomic mass is 9.87. The van der Waals surface area contributed by atoms with E-state index < -0.39 is 8.07 Å². The summed E-state index contributed by atoms with van der Waals surface area (Å²) in [4.78, 5) is 0. The van der Waals surface area contributed by atoms with Crippen molar-refractivity contribution >= 4 is 8.07 Å². The SMILES string of the molecule is CO/C=C/C(C)(C)c1cnn(COCC[Si](C)(C)C)c1. The Labute approximate surface area is 123 Å². The fourth-order valence-corrected chi connectivity index (χ4v) is 2.39. The molecule has 0 amide bonds. The standard InChI is InChI=1S/C15H28N2O2Si/c1-15(2,7-8-18-3)14-11-16-17(12-14)13-19-9-10-20(4,5)6/h7-8,11-12H,9-10,13H2,1-6H3/b8-7+. The monoisotopic (exact) mass is 296 g/mol. The van der Waals surface area contributed by atoms with Gasteiger partial charge in [-0.05, 0) is 17.7 Å². The third-order valence-electron chi connectivity index (χ3n) is 3.22. The number of methoxy groups -OCH3 is 1. The summed E-state index contributed by atoms with van der Waals surface area (Å²) in [5.74, 6) is 0. The van der Waals surface area contributed by atoms with Crippen LogP contribution in [0.15, 0.2) is 24.7 Å². The summed E-state index contributed by atoms with van der Waals surface area (Å²) in [6.07, 6.45) is 7.67. The zero-order valence-corrected chi connectivity index (χ0v) is 14.6. The van der Waals surface area contributed by atoms with Gasteiger partial charge in [-0.3, -0.25) is 0 Å². The second-order valence-electron chi connectivity index (χ2n) is 6.88. The van der Waals surface area contributed by atoms with E-state index in [4.69, 9.17) is 9.47 Å². The smallest absolute Gasteiger partial charge is 0.139 e. The fourth-order valence-electron chi connectivity index (χ4n) is 1.64. The lowest BCUT2D eigenvalue weighted by Crippen LogP contribution is -2.22. The molecular weight excluding hydrogens is 268 g/mol. The van der Waals surface area contributed by atoms with Crippen LogP contribution in [0, 0.1) is 0 Å². The quantitative estimate of drug-likeness (QED) is 0.417. The summed E-state index contributed by atoms with van der Waals surface area (Å²) >= 11 is 0. The van der Waals surface area contributed by atoms with Gasteiger partial charge in [-0.1, -0.05) is 33.5 Å². The Morgan fingerprint density at radius 2 is 2.05 bits per heavy atom. The van der Waals surface area contributed by atoms with Crippen molar-refractivity contribution in [3.63, 3.8) is 0 Å². The molecule has 0 N–H and O–H groups in total. The van der Waals surface area contributed by atoms with Gasteiger partial charge in [0.1, 0.15) is 6.73 Å². The highest BCUT2D eigenvalue weighted by atomic mass is 28.3. The van der Waals surface area contributed by atoms with E-state index in [2.05, 4.69) is 38.6 Å². The van der Waals surface area contributed by atoms with Crippen LogP contribution in [0.4, 0.5) is 0 Å². The summed E-state index contributed by atoms with van der Waals surface area (Å²) in [6.45, 7) is 12.7. The predicted octanol–water partition coefficient (Wildman–Crippen LogP) is 3.63. The first-order chi connectivity index (χ1) is 9.24. The minimum Gasteiger partial charge on any atom is -0.505 e. The maximum absolute atomic E-state index is 5.70. The molecular formula is C15H28N2O2Si. The van der Waals surface area contributed by atoms with Gasteiger partial charge in [-0.25, -0.2) is 4.68 Å². The highest BCUT2D eigenvalue weighted by Crippen LogP contribution is 2.24. The van der Waals surface area contributed by atoms with E-state index in [1.807, 2.05) is 23.2 Å². The first-order valence-electron chi connectivity index (χ1n) is 7.06. The maximum Gasteiger partial charge on any atom is 0.139 e. The van der Waals surface area contributed by atoms with E-state index in [9.17, 15) is 0 Å². The maximum atomic E-state index is 5.70. The minimum absolute atomic E-state index is 0.0907. The van der Waals surface area contributed by atoms with Crippen molar-refractivity contribution in [3.8, 4) is 0 Å². The number of allylic oxidation sites excluding steroid dienone is 1. The molecule has 0 aliphatic rings. The van der Waals surface area contributed by atoms with Crippen molar-refractivity contribution in [1.82, 2.24) is 9.78 Å². The summed E-state index contributed by atoms with van der Waals surface area (Å²) in [5, 5.41) is 4.35. The van der Waals surface area contributed by atoms with Gasteiger partial charge >= 0.3 is 0 Å². The molecule has 0 unspecified atom stereocenters. The molecule has 0 saturated heterocycles. The molecule has 0 bridgehead atoms. The molecule has 0 atom stereocenters. The largest absolute Gasteiger partial charge is 0.505 e. The molecule has 1 heterocycles. The van der Waals surface area contributed by atoms with Crippen molar-refractivity contribution in [1.29, 1.82) is 0 Å². The van der Waals surface area contributed by atoms with Crippen LogP contribution < -0.4 is 0 Å². The Kier molecular flexibility index (Phi) is 6.01. The first kappa shape index (κ1) is 17.0. The van der Waals surface area contributed by atoms with E-state index in [-0.39, 0.29) is 5.41 Å². The van der Waals surface area contributed by atoms with E-state index in [0.717, 1.165) is 12.2 Å². The van der Waals surface area contributed by atoms with Gasteiger partial charge < -0.3 is 9.47 Å². The van der Waals surface area contributed by atoms with Gasteiger partial charge in [0.15, 0.2) is 0 Å². The summed E-state index contributed by atoms with van der Waals surface area (Å²) < 4.78 is 12.5. The molecule has 0 spiro atoms. The molecule has 0 radical (unpaired) electrons. The van der Waals surface area contributed by atoms with Gasteiger partial charge in [0.05, 0.1) is 19.6 Å². The van der Waals surface area contributed by atoms with Crippen molar-refractivity contribution in [2.45, 2.75) is 51.7 Å². The predicted molar refractivity (Wildman–Crippen MR) is 85.5 cm³/mol. The van der Waals surface area contributed by atoms with E-state index in [0.29, 0.717) is 6.73 Å². The van der Waals surface area contributed by atoms with Crippen LogP contribution in [0.1, 0.15) is 19.4 Å². The Hall–Kier alpha value is -1.07. The number of hydrogen-bond acceptors (Lipinski definition) is 3. The van der Waals surface area contributed by atoms with Crippen LogP contribution in [0.2, 0.25) is 25.7 Å². The molecule has 0 aliphatic heterocycles. The fraction of sp³-hybridized carbons (Fsp3) is 0.667. The van der Waals surface area contributed by atoms with Crippen LogP contribution >= 0.6 is 0 Å². The average Bonchev–Trinajstić information content (AvgIpc) is 2.80. The zero-order valence-electron chi connectivity index (χ0n) is 13.6. The molecule has 5 heteroatoms. The summed E-state index contributed by atoms with van der Waals surface area (Å²) in [7, 11) is 0.642. The van der Waals surface area contributed by atoms with Gasteiger partial charge in [0.25, 0.3) is 0 Å². The molecule has 20 heavy (non-hydrogen) atoms. The van der Waals surface area contributed by atoms with Crippen LogP contribution in [-0.2, 0) is 21.6 Å². The third-order valence-corrected chi connectivity index (χ3v) is 4.92. The number of aromatic nitrogens is 2. The normalized spacial score (nSPS) is 13.1. The van der Waals surface area contributed by atoms with Gasteiger partial charge in [0.2, 0.25) is 0 Å². The van der Waals surface area contributed by atoms with Gasteiger partial charge in [-0.15, -0.1) is 0 Å². The third kappa shape index (κ3) is 5.92. The Bertz CT molecular complexity index is 433. The van der Waals surface area contributed by atoms with Crippen molar-refractivity contribution in [2.24, 2.45) is 0 Å². The van der Waals surface area contributed by atoms with Crippen molar-refractivity contribution < 1.29 is 9.47 Å². The van der Waals surface area contributed by atoms with Gasteiger partial charge in [0, 0.05) is 26.3 Å². The second kappa shape index (κ2) is 7.08. The lowest BCUT2D eigenvalue weighted by Gasteiger charge is -2.17. The molecule has 0 fully saturated rings. The Morgan fingerprint density at radius 1 is 1.35 bits per heavy atom. The number of ether oxygens (including phenoxy) is 2. The highest BCUT2D eigenvalue weighted by Gasteiger charge is 2.19. The van der Waals surface area contributed by atoms with Crippen molar-refractivity contribution in [2.75, 3.05) is 13.7 Å². The summed E-state index contributed by atoms with van der Waals surface area (Å²) in [5.41, 5.74) is 1.06. The van der Waals surface area contributed by atoms with E-state index >= 15 is 0 Å². The van der Waals surface area contributed by atoms with Crippen LogP contribution in [0.5, 0.6) is 0 Å². The number of nitrogens with zero attached hydrogens (tertiary/aromatic N) is 2. The average molecular weight is 296 g/mol. The Morgan fingerprint density at radius 3 is 2.65 bits per heavy atom. The number of rotatable bonds is 8. The molecule has 0 saturated carbocycles. The molecule has 4 nitrogen and oxygen atoms in total. The number of hydrogen-bond donors (Lipinski definition) is 0.